The first-order valence-corrected chi connectivity index (χ1v) is 11.2. The Morgan fingerprint density at radius 2 is 1.80 bits per heavy atom. The summed E-state index contributed by atoms with van der Waals surface area (Å²) < 4.78 is 83.1. The van der Waals surface area contributed by atoms with Crippen molar-refractivity contribution in [3.05, 3.63) is 29.8 Å². The Morgan fingerprint density at radius 3 is 2.33 bits per heavy atom. The Morgan fingerprint density at radius 1 is 1.17 bits per heavy atom. The monoisotopic (exact) mass is 460 g/mol. The molecule has 1 aliphatic rings. The van der Waals surface area contributed by atoms with Crippen LogP contribution in [0, 0.1) is 5.41 Å². The van der Waals surface area contributed by atoms with E-state index in [0.717, 1.165) is 18.4 Å². The van der Waals surface area contributed by atoms with Gasteiger partial charge in [0.25, 0.3) is 0 Å². The third kappa shape index (κ3) is 6.90. The van der Waals surface area contributed by atoms with Crippen LogP contribution in [0.4, 0.5) is 22.0 Å². The highest BCUT2D eigenvalue weighted by Crippen LogP contribution is 2.51. The molecule has 0 aliphatic heterocycles. The average molecular weight is 460 g/mol. The molecule has 1 aromatic rings. The standard InChI is InChI=1S/C19H26F5O5P/c1-2-17(13-29-30(25,26)27)10-8-15(12-17)14-4-6-16(7-5-14)28-11-3-9-18(20,21)19(22,23)24/h4-7,15H,2-3,8-13H2,1H3,(H2,25,26,27)/t15-,17+/m1/s1. The molecule has 0 radical (unpaired) electrons. The minimum absolute atomic E-state index is 0.0198. The van der Waals surface area contributed by atoms with Crippen LogP contribution in [0.15, 0.2) is 24.3 Å². The third-order valence-corrected chi connectivity index (χ3v) is 6.13. The summed E-state index contributed by atoms with van der Waals surface area (Å²) in [6, 6.07) is 6.88. The summed E-state index contributed by atoms with van der Waals surface area (Å²) in [6.07, 6.45) is -4.31. The fourth-order valence-electron chi connectivity index (χ4n) is 3.73. The van der Waals surface area contributed by atoms with Crippen molar-refractivity contribution in [1.82, 2.24) is 0 Å². The van der Waals surface area contributed by atoms with Crippen LogP contribution in [0.5, 0.6) is 5.75 Å². The van der Waals surface area contributed by atoms with Gasteiger partial charge in [-0.05, 0) is 61.1 Å². The Hall–Kier alpha value is -1.22. The Bertz CT molecular complexity index is 734. The molecule has 0 spiro atoms. The maximum Gasteiger partial charge on any atom is 0.469 e. The van der Waals surface area contributed by atoms with Gasteiger partial charge in [-0.25, -0.2) is 4.57 Å². The van der Waals surface area contributed by atoms with Gasteiger partial charge < -0.3 is 14.5 Å². The van der Waals surface area contributed by atoms with E-state index in [1.165, 1.54) is 0 Å². The van der Waals surface area contributed by atoms with Crippen LogP contribution in [0.2, 0.25) is 0 Å². The van der Waals surface area contributed by atoms with Crippen LogP contribution in [0.3, 0.4) is 0 Å². The van der Waals surface area contributed by atoms with Crippen LogP contribution in [0.1, 0.15) is 56.9 Å². The van der Waals surface area contributed by atoms with E-state index in [2.05, 4.69) is 0 Å². The molecule has 0 heterocycles. The predicted molar refractivity (Wildman–Crippen MR) is 99.5 cm³/mol. The number of benzene rings is 1. The fraction of sp³-hybridized carbons (Fsp3) is 0.684. The van der Waals surface area contributed by atoms with Crippen molar-refractivity contribution in [2.24, 2.45) is 5.41 Å². The van der Waals surface area contributed by atoms with Crippen LogP contribution < -0.4 is 4.74 Å². The lowest BCUT2D eigenvalue weighted by Gasteiger charge is -2.27. The zero-order valence-corrected chi connectivity index (χ0v) is 17.4. The van der Waals surface area contributed by atoms with Gasteiger partial charge in [0.1, 0.15) is 5.75 Å². The summed E-state index contributed by atoms with van der Waals surface area (Å²) in [5.41, 5.74) is 0.683. The van der Waals surface area contributed by atoms with Crippen LogP contribution >= 0.6 is 7.82 Å². The van der Waals surface area contributed by atoms with Gasteiger partial charge in [-0.1, -0.05) is 19.1 Å². The smallest absolute Gasteiger partial charge is 0.469 e. The van der Waals surface area contributed by atoms with E-state index in [-0.39, 0.29) is 24.5 Å². The maximum absolute atomic E-state index is 12.9. The minimum Gasteiger partial charge on any atom is -0.494 e. The van der Waals surface area contributed by atoms with Gasteiger partial charge in [-0.3, -0.25) is 4.52 Å². The highest BCUT2D eigenvalue weighted by atomic mass is 31.2. The molecule has 0 aromatic heterocycles. The SMILES string of the molecule is CC[C@]1(COP(=O)(O)O)CC[C@@H](c2ccc(OCCCC(F)(F)C(F)(F)F)cc2)C1. The number of hydrogen-bond donors (Lipinski definition) is 2. The van der Waals surface area contributed by atoms with Gasteiger partial charge in [0.05, 0.1) is 13.2 Å². The highest BCUT2D eigenvalue weighted by Gasteiger charge is 2.56. The first kappa shape index (κ1) is 25.0. The summed E-state index contributed by atoms with van der Waals surface area (Å²) in [5, 5.41) is 0. The van der Waals surface area contributed by atoms with Crippen molar-refractivity contribution in [1.29, 1.82) is 0 Å². The number of ether oxygens (including phenoxy) is 1. The zero-order valence-electron chi connectivity index (χ0n) is 16.5. The molecule has 2 rings (SSSR count). The van der Waals surface area contributed by atoms with Gasteiger partial charge in [-0.15, -0.1) is 0 Å². The van der Waals surface area contributed by atoms with E-state index in [4.69, 9.17) is 19.0 Å². The van der Waals surface area contributed by atoms with Gasteiger partial charge in [0.15, 0.2) is 0 Å². The third-order valence-electron chi connectivity index (χ3n) is 5.66. The molecule has 0 amide bonds. The van der Waals surface area contributed by atoms with Crippen molar-refractivity contribution in [3.8, 4) is 5.75 Å². The normalized spacial score (nSPS) is 23.0. The topological polar surface area (TPSA) is 76.0 Å². The second-order valence-electron chi connectivity index (χ2n) is 7.78. The lowest BCUT2D eigenvalue weighted by molar-refractivity contribution is -0.284. The van der Waals surface area contributed by atoms with E-state index >= 15 is 0 Å². The van der Waals surface area contributed by atoms with E-state index in [9.17, 15) is 26.5 Å². The quantitative estimate of drug-likeness (QED) is 0.262. The van der Waals surface area contributed by atoms with E-state index in [1.54, 1.807) is 24.3 Å². The molecule has 0 unspecified atom stereocenters. The summed E-state index contributed by atoms with van der Waals surface area (Å²) >= 11 is 0. The fourth-order valence-corrected chi connectivity index (χ4v) is 4.17. The maximum atomic E-state index is 12.9. The second-order valence-corrected chi connectivity index (χ2v) is 9.02. The van der Waals surface area contributed by atoms with Crippen molar-refractivity contribution in [3.63, 3.8) is 0 Å². The Balaban J connectivity index is 1.85. The number of rotatable bonds is 10. The van der Waals surface area contributed by atoms with Crippen molar-refractivity contribution >= 4 is 7.82 Å². The van der Waals surface area contributed by atoms with Crippen LogP contribution in [-0.2, 0) is 9.09 Å². The molecule has 1 aliphatic carbocycles. The Kier molecular flexibility index (Phi) is 7.94. The molecule has 1 fully saturated rings. The summed E-state index contributed by atoms with van der Waals surface area (Å²) in [6.45, 7) is 1.67. The molecule has 172 valence electrons. The number of halogens is 5. The lowest BCUT2D eigenvalue weighted by atomic mass is 9.82. The van der Waals surface area contributed by atoms with Crippen molar-refractivity contribution in [2.45, 2.75) is 63.5 Å². The number of alkyl halides is 5. The van der Waals surface area contributed by atoms with Gasteiger partial charge in [0, 0.05) is 6.42 Å². The molecule has 5 nitrogen and oxygen atoms in total. The molecule has 2 atom stereocenters. The average Bonchev–Trinajstić information content (AvgIpc) is 3.08. The molecular weight excluding hydrogens is 434 g/mol. The molecule has 30 heavy (non-hydrogen) atoms. The molecule has 1 saturated carbocycles. The van der Waals surface area contributed by atoms with E-state index in [0.29, 0.717) is 18.6 Å². The van der Waals surface area contributed by atoms with Crippen molar-refractivity contribution < 1.29 is 45.6 Å². The molecule has 0 saturated heterocycles. The molecule has 11 heteroatoms. The molecular formula is C19H26F5O5P. The summed E-state index contributed by atoms with van der Waals surface area (Å²) in [7, 11) is -4.53. The van der Waals surface area contributed by atoms with E-state index in [1.807, 2.05) is 6.92 Å². The van der Waals surface area contributed by atoms with Gasteiger partial charge >= 0.3 is 19.9 Å². The lowest BCUT2D eigenvalue weighted by Crippen LogP contribution is -2.36. The van der Waals surface area contributed by atoms with Crippen LogP contribution in [-0.4, -0.2) is 35.1 Å². The van der Waals surface area contributed by atoms with Gasteiger partial charge in [0.2, 0.25) is 0 Å². The van der Waals surface area contributed by atoms with E-state index < -0.39 is 32.8 Å². The largest absolute Gasteiger partial charge is 0.494 e. The molecule has 0 bridgehead atoms. The Labute approximate surface area is 171 Å². The van der Waals surface area contributed by atoms with Crippen molar-refractivity contribution in [2.75, 3.05) is 13.2 Å². The molecule has 2 N–H and O–H groups in total. The second kappa shape index (κ2) is 9.51. The van der Waals surface area contributed by atoms with Crippen LogP contribution in [0.25, 0.3) is 0 Å². The predicted octanol–water partition coefficient (Wildman–Crippen LogP) is 5.82. The summed E-state index contributed by atoms with van der Waals surface area (Å²) in [5.74, 6) is -4.18. The minimum atomic E-state index is -5.56. The number of hydrogen-bond acceptors (Lipinski definition) is 3. The first-order chi connectivity index (χ1) is 13.8. The highest BCUT2D eigenvalue weighted by molar-refractivity contribution is 7.46. The first-order valence-electron chi connectivity index (χ1n) is 9.64. The number of phosphoric ester groups is 1. The zero-order chi connectivity index (χ0) is 22.6. The van der Waals surface area contributed by atoms with Gasteiger partial charge in [-0.2, -0.15) is 22.0 Å². The molecule has 1 aromatic carbocycles. The number of phosphoric acid groups is 1. The summed E-state index contributed by atoms with van der Waals surface area (Å²) in [4.78, 5) is 17.9.